The summed E-state index contributed by atoms with van der Waals surface area (Å²) < 4.78 is 75.8. The Labute approximate surface area is 94.8 Å². The van der Waals surface area contributed by atoms with Crippen molar-refractivity contribution in [2.75, 3.05) is 13.2 Å². The lowest BCUT2D eigenvalue weighted by Gasteiger charge is -2.22. The molecule has 0 amide bonds. The molecule has 0 aliphatic carbocycles. The predicted molar refractivity (Wildman–Crippen MR) is 45.1 cm³/mol. The molecular weight excluding hydrogens is 317 g/mol. The minimum Gasteiger partial charge on any atom is -0.372 e. The van der Waals surface area contributed by atoms with Gasteiger partial charge in [0.05, 0.1) is 6.61 Å². The molecular formula is C6H6BrClF6O. The summed E-state index contributed by atoms with van der Waals surface area (Å²) in [6.45, 7) is -2.49. The number of alkyl halides is 8. The van der Waals surface area contributed by atoms with E-state index < -0.39 is 35.8 Å². The van der Waals surface area contributed by atoms with Gasteiger partial charge in [-0.2, -0.15) is 22.0 Å². The third kappa shape index (κ3) is 6.47. The Balaban J connectivity index is 3.87. The molecule has 0 aromatic carbocycles. The Hall–Kier alpha value is 0.310. The zero-order valence-corrected chi connectivity index (χ0v) is 9.40. The molecule has 0 saturated carbocycles. The first-order valence-electron chi connectivity index (χ1n) is 3.55. The smallest absolute Gasteiger partial charge is 0.372 e. The Kier molecular flexibility index (Phi) is 5.20. The van der Waals surface area contributed by atoms with Crippen LogP contribution in [-0.4, -0.2) is 29.3 Å². The molecule has 1 unspecified atom stereocenters. The minimum atomic E-state index is -4.58. The van der Waals surface area contributed by atoms with Gasteiger partial charge in [-0.05, 0) is 15.9 Å². The van der Waals surface area contributed by atoms with Crippen LogP contribution in [0.25, 0.3) is 0 Å². The van der Waals surface area contributed by atoms with Crippen molar-refractivity contribution in [3.05, 3.63) is 0 Å². The molecule has 92 valence electrons. The molecule has 0 bridgehead atoms. The summed E-state index contributed by atoms with van der Waals surface area (Å²) in [6, 6.07) is 0. The lowest BCUT2D eigenvalue weighted by molar-refractivity contribution is -0.176. The Bertz CT molecular complexity index is 201. The van der Waals surface area contributed by atoms with Crippen LogP contribution in [0.1, 0.15) is 6.42 Å². The second-order valence-corrected chi connectivity index (χ2v) is 4.22. The number of hydrogen-bond acceptors (Lipinski definition) is 1. The lowest BCUT2D eigenvalue weighted by Crippen LogP contribution is -2.35. The zero-order chi connectivity index (χ0) is 12.3. The van der Waals surface area contributed by atoms with E-state index in [1.165, 1.54) is 0 Å². The molecule has 0 aliphatic heterocycles. The monoisotopic (exact) mass is 322 g/mol. The van der Waals surface area contributed by atoms with Gasteiger partial charge >= 0.3 is 11.0 Å². The fourth-order valence-corrected chi connectivity index (χ4v) is 0.805. The molecule has 0 aromatic heterocycles. The van der Waals surface area contributed by atoms with E-state index in [1.807, 2.05) is 0 Å². The third-order valence-corrected chi connectivity index (χ3v) is 2.52. The lowest BCUT2D eigenvalue weighted by atomic mass is 10.3. The highest BCUT2D eigenvalue weighted by Gasteiger charge is 2.51. The Morgan fingerprint density at radius 2 is 1.53 bits per heavy atom. The standard InChI is InChI=1S/C6H6BrClF6O/c7-6(13,14)4(8,9)1-2-15-3-5(10,11)12/h1-3H2. The molecule has 0 spiro atoms. The summed E-state index contributed by atoms with van der Waals surface area (Å²) >= 11 is 6.41. The highest BCUT2D eigenvalue weighted by molar-refractivity contribution is 9.10. The highest BCUT2D eigenvalue weighted by Crippen LogP contribution is 2.43. The number of ether oxygens (including phenoxy) is 1. The maximum Gasteiger partial charge on any atom is 0.411 e. The summed E-state index contributed by atoms with van der Waals surface area (Å²) in [5.74, 6) is 0. The second kappa shape index (κ2) is 5.09. The van der Waals surface area contributed by atoms with Crippen molar-refractivity contribution >= 4 is 27.5 Å². The van der Waals surface area contributed by atoms with E-state index in [0.717, 1.165) is 0 Å². The van der Waals surface area contributed by atoms with Gasteiger partial charge in [-0.25, -0.2) is 4.39 Å². The van der Waals surface area contributed by atoms with E-state index in [1.54, 1.807) is 15.9 Å². The summed E-state index contributed by atoms with van der Waals surface area (Å²) in [5.41, 5.74) is 0. The Morgan fingerprint density at radius 1 is 1.07 bits per heavy atom. The summed E-state index contributed by atoms with van der Waals surface area (Å²) in [7, 11) is 0. The molecule has 0 radical (unpaired) electrons. The van der Waals surface area contributed by atoms with Crippen LogP contribution in [0.5, 0.6) is 0 Å². The van der Waals surface area contributed by atoms with Crippen LogP contribution < -0.4 is 0 Å². The Morgan fingerprint density at radius 3 is 1.87 bits per heavy atom. The molecule has 0 fully saturated rings. The van der Waals surface area contributed by atoms with E-state index in [0.29, 0.717) is 0 Å². The van der Waals surface area contributed by atoms with Gasteiger partial charge in [-0.3, -0.25) is 0 Å². The van der Waals surface area contributed by atoms with E-state index >= 15 is 0 Å². The first-order valence-corrected chi connectivity index (χ1v) is 4.72. The number of rotatable bonds is 5. The zero-order valence-electron chi connectivity index (χ0n) is 7.05. The molecule has 1 nitrogen and oxygen atoms in total. The van der Waals surface area contributed by atoms with E-state index in [4.69, 9.17) is 11.6 Å². The molecule has 0 rings (SSSR count). The SMILES string of the molecule is FC(F)(F)COCCC(F)(Cl)C(F)(F)Br. The number of halogens is 8. The van der Waals surface area contributed by atoms with Gasteiger partial charge in [-0.1, -0.05) is 11.6 Å². The first kappa shape index (κ1) is 15.3. The van der Waals surface area contributed by atoms with Crippen molar-refractivity contribution < 1.29 is 31.1 Å². The molecule has 0 N–H and O–H groups in total. The maximum absolute atomic E-state index is 12.8. The van der Waals surface area contributed by atoms with Crippen molar-refractivity contribution in [2.45, 2.75) is 22.6 Å². The highest BCUT2D eigenvalue weighted by atomic mass is 79.9. The number of hydrogen-bond donors (Lipinski definition) is 0. The molecule has 0 heterocycles. The fourth-order valence-electron chi connectivity index (χ4n) is 0.530. The van der Waals surface area contributed by atoms with Crippen molar-refractivity contribution in [1.29, 1.82) is 0 Å². The van der Waals surface area contributed by atoms with Crippen LogP contribution in [0.3, 0.4) is 0 Å². The van der Waals surface area contributed by atoms with Crippen molar-refractivity contribution in [3.8, 4) is 0 Å². The van der Waals surface area contributed by atoms with Gasteiger partial charge < -0.3 is 4.74 Å². The van der Waals surface area contributed by atoms with Gasteiger partial charge in [0.2, 0.25) is 0 Å². The largest absolute Gasteiger partial charge is 0.411 e. The molecule has 0 aromatic rings. The molecule has 0 saturated heterocycles. The summed E-state index contributed by atoms with van der Waals surface area (Å²) in [5, 5.41) is -3.47. The van der Waals surface area contributed by atoms with Gasteiger partial charge in [0, 0.05) is 6.42 Å². The van der Waals surface area contributed by atoms with Crippen molar-refractivity contribution in [1.82, 2.24) is 0 Å². The van der Waals surface area contributed by atoms with Gasteiger partial charge in [0.15, 0.2) is 0 Å². The predicted octanol–water partition coefficient (Wildman–Crippen LogP) is 3.85. The van der Waals surface area contributed by atoms with E-state index in [-0.39, 0.29) is 0 Å². The van der Waals surface area contributed by atoms with Gasteiger partial charge in [0.25, 0.3) is 5.13 Å². The quantitative estimate of drug-likeness (QED) is 0.424. The van der Waals surface area contributed by atoms with E-state index in [2.05, 4.69) is 4.74 Å². The minimum absolute atomic E-state index is 0.860. The van der Waals surface area contributed by atoms with Crippen molar-refractivity contribution in [2.24, 2.45) is 0 Å². The average Bonchev–Trinajstić information content (AvgIpc) is 1.94. The van der Waals surface area contributed by atoms with Crippen LogP contribution in [0.4, 0.5) is 26.3 Å². The van der Waals surface area contributed by atoms with Gasteiger partial charge in [0.1, 0.15) is 6.61 Å². The second-order valence-electron chi connectivity index (χ2n) is 2.62. The summed E-state index contributed by atoms with van der Waals surface area (Å²) in [6.07, 6.45) is -5.65. The van der Waals surface area contributed by atoms with Crippen LogP contribution in [0.15, 0.2) is 0 Å². The first-order chi connectivity index (χ1) is 6.46. The molecule has 0 aliphatic rings. The van der Waals surface area contributed by atoms with Crippen LogP contribution in [0, 0.1) is 0 Å². The third-order valence-electron chi connectivity index (χ3n) is 1.24. The van der Waals surface area contributed by atoms with Gasteiger partial charge in [-0.15, -0.1) is 0 Å². The van der Waals surface area contributed by atoms with Crippen LogP contribution in [-0.2, 0) is 4.74 Å². The molecule has 15 heavy (non-hydrogen) atoms. The van der Waals surface area contributed by atoms with Crippen LogP contribution >= 0.6 is 27.5 Å². The topological polar surface area (TPSA) is 9.23 Å². The maximum atomic E-state index is 12.8. The summed E-state index contributed by atoms with van der Waals surface area (Å²) in [4.78, 5) is -4.02. The van der Waals surface area contributed by atoms with Crippen LogP contribution in [0.2, 0.25) is 0 Å². The average molecular weight is 323 g/mol. The molecule has 9 heteroatoms. The normalized spacial score (nSPS) is 17.6. The van der Waals surface area contributed by atoms with Crippen molar-refractivity contribution in [3.63, 3.8) is 0 Å². The fraction of sp³-hybridized carbons (Fsp3) is 1.00. The van der Waals surface area contributed by atoms with E-state index in [9.17, 15) is 26.3 Å². The molecule has 1 atom stereocenters.